The molecule has 0 aromatic rings. The molecule has 5 heteroatoms. The average molecular weight is 402 g/mol. The van der Waals surface area contributed by atoms with Gasteiger partial charge in [0.05, 0.1) is 0 Å². The second-order valence-electron chi connectivity index (χ2n) is 11.4. The van der Waals surface area contributed by atoms with E-state index in [9.17, 15) is 4.79 Å². The van der Waals surface area contributed by atoms with Crippen LogP contribution in [0.3, 0.4) is 0 Å². The number of carbonyl (C=O) groups is 1. The number of nitrogens with zero attached hydrogens (tertiary/aromatic N) is 3. The Hall–Kier alpha value is -1.22. The molecule has 0 aromatic heterocycles. The fourth-order valence-corrected chi connectivity index (χ4v) is 8.94. The summed E-state index contributed by atoms with van der Waals surface area (Å²) in [5, 5.41) is 13.2. The van der Waals surface area contributed by atoms with Gasteiger partial charge in [0, 0.05) is 17.4 Å². The van der Waals surface area contributed by atoms with E-state index in [1.54, 1.807) is 0 Å². The summed E-state index contributed by atoms with van der Waals surface area (Å²) in [6, 6.07) is 0.217. The highest BCUT2D eigenvalue weighted by Crippen LogP contribution is 2.68. The van der Waals surface area contributed by atoms with Gasteiger partial charge < -0.3 is 5.11 Å². The van der Waals surface area contributed by atoms with E-state index in [1.165, 1.54) is 44.9 Å². The molecule has 4 aliphatic rings. The lowest BCUT2D eigenvalue weighted by Gasteiger charge is -2.61. The van der Waals surface area contributed by atoms with E-state index in [1.807, 2.05) is 0 Å². The lowest BCUT2D eigenvalue weighted by molar-refractivity contribution is -0.137. The van der Waals surface area contributed by atoms with Crippen LogP contribution in [0.1, 0.15) is 91.4 Å². The van der Waals surface area contributed by atoms with Crippen LogP contribution in [0.2, 0.25) is 0 Å². The molecule has 5 nitrogen and oxygen atoms in total. The van der Waals surface area contributed by atoms with Crippen LogP contribution in [0.25, 0.3) is 10.4 Å². The van der Waals surface area contributed by atoms with Gasteiger partial charge in [-0.05, 0) is 116 Å². The second-order valence-corrected chi connectivity index (χ2v) is 11.4. The molecule has 4 aliphatic carbocycles. The maximum atomic E-state index is 11.1. The molecule has 9 atom stereocenters. The van der Waals surface area contributed by atoms with Gasteiger partial charge in [-0.2, -0.15) is 0 Å². The monoisotopic (exact) mass is 401 g/mol. The summed E-state index contributed by atoms with van der Waals surface area (Å²) in [4.78, 5) is 14.2. The number of fused-ring (bicyclic) bond motifs is 5. The molecule has 29 heavy (non-hydrogen) atoms. The first-order valence-electron chi connectivity index (χ1n) is 12.1. The lowest BCUT2D eigenvalue weighted by atomic mass is 9.44. The van der Waals surface area contributed by atoms with E-state index >= 15 is 0 Å². The van der Waals surface area contributed by atoms with Gasteiger partial charge in [-0.3, -0.25) is 4.79 Å². The van der Waals surface area contributed by atoms with Crippen LogP contribution >= 0.6 is 0 Å². The molecule has 0 unspecified atom stereocenters. The molecule has 0 bridgehead atoms. The van der Waals surface area contributed by atoms with E-state index in [0.717, 1.165) is 42.9 Å². The summed E-state index contributed by atoms with van der Waals surface area (Å²) in [5.74, 6) is 3.79. The first-order chi connectivity index (χ1) is 13.8. The van der Waals surface area contributed by atoms with E-state index in [2.05, 4.69) is 30.8 Å². The van der Waals surface area contributed by atoms with Crippen molar-refractivity contribution in [1.82, 2.24) is 0 Å². The molecule has 0 aliphatic heterocycles. The average Bonchev–Trinajstić information content (AvgIpc) is 3.04. The van der Waals surface area contributed by atoms with Gasteiger partial charge in [0.2, 0.25) is 0 Å². The highest BCUT2D eigenvalue weighted by Gasteiger charge is 2.60. The minimum atomic E-state index is -0.650. The zero-order valence-electron chi connectivity index (χ0n) is 18.5. The fourth-order valence-electron chi connectivity index (χ4n) is 8.94. The van der Waals surface area contributed by atoms with Crippen molar-refractivity contribution in [2.45, 2.75) is 97.4 Å². The van der Waals surface area contributed by atoms with Crippen LogP contribution in [0.5, 0.6) is 0 Å². The van der Waals surface area contributed by atoms with E-state index in [-0.39, 0.29) is 6.04 Å². The Morgan fingerprint density at radius 2 is 1.83 bits per heavy atom. The summed E-state index contributed by atoms with van der Waals surface area (Å²) in [6.07, 6.45) is 12.5. The molecular formula is C24H39N3O2. The van der Waals surface area contributed by atoms with E-state index in [0.29, 0.717) is 29.1 Å². The van der Waals surface area contributed by atoms with Crippen molar-refractivity contribution in [1.29, 1.82) is 0 Å². The van der Waals surface area contributed by atoms with Crippen molar-refractivity contribution in [3.8, 4) is 0 Å². The largest absolute Gasteiger partial charge is 0.481 e. The van der Waals surface area contributed by atoms with Crippen molar-refractivity contribution in [3.63, 3.8) is 0 Å². The first kappa shape index (κ1) is 21.0. The summed E-state index contributed by atoms with van der Waals surface area (Å²) >= 11 is 0. The smallest absolute Gasteiger partial charge is 0.303 e. The van der Waals surface area contributed by atoms with Crippen molar-refractivity contribution in [2.75, 3.05) is 0 Å². The maximum absolute atomic E-state index is 11.1. The summed E-state index contributed by atoms with van der Waals surface area (Å²) in [6.45, 7) is 7.42. The van der Waals surface area contributed by atoms with Gasteiger partial charge in [0.25, 0.3) is 0 Å². The van der Waals surface area contributed by atoms with Gasteiger partial charge in [0.15, 0.2) is 0 Å². The molecule has 0 radical (unpaired) electrons. The van der Waals surface area contributed by atoms with Crippen molar-refractivity contribution in [3.05, 3.63) is 10.4 Å². The third-order valence-corrected chi connectivity index (χ3v) is 10.4. The minimum absolute atomic E-state index is 0.217. The van der Waals surface area contributed by atoms with E-state index < -0.39 is 5.97 Å². The summed E-state index contributed by atoms with van der Waals surface area (Å²) < 4.78 is 0. The molecule has 0 aromatic carbocycles. The highest BCUT2D eigenvalue weighted by atomic mass is 16.4. The second kappa shape index (κ2) is 7.80. The highest BCUT2D eigenvalue weighted by molar-refractivity contribution is 5.66. The molecule has 0 saturated heterocycles. The predicted molar refractivity (Wildman–Crippen MR) is 114 cm³/mol. The molecule has 0 spiro atoms. The topological polar surface area (TPSA) is 86.1 Å². The quantitative estimate of drug-likeness (QED) is 0.311. The first-order valence-corrected chi connectivity index (χ1v) is 12.1. The predicted octanol–water partition coefficient (Wildman–Crippen LogP) is 6.83. The van der Waals surface area contributed by atoms with Gasteiger partial charge in [-0.1, -0.05) is 25.9 Å². The van der Waals surface area contributed by atoms with Crippen LogP contribution in [0, 0.1) is 46.3 Å². The number of azide groups is 1. The van der Waals surface area contributed by atoms with Gasteiger partial charge in [-0.15, -0.1) is 0 Å². The normalized spacial score (nSPS) is 47.3. The molecule has 1 N–H and O–H groups in total. The maximum Gasteiger partial charge on any atom is 0.303 e. The number of carboxylic acid groups (broad SMARTS) is 1. The Morgan fingerprint density at radius 3 is 2.55 bits per heavy atom. The molecule has 162 valence electrons. The third-order valence-electron chi connectivity index (χ3n) is 10.4. The Labute approximate surface area is 175 Å². The third kappa shape index (κ3) is 3.48. The number of carboxylic acids is 1. The molecule has 4 saturated carbocycles. The molecule has 0 heterocycles. The molecule has 4 fully saturated rings. The SMILES string of the molecule is C[C@H](CCC(=O)O)[C@H]1CC[C@H]2[C@@H]3CC[C@@H]4C[C@H](N=[N+]=[N-])CC[C@]4(C)[C@H]3CC[C@]12C. The van der Waals surface area contributed by atoms with Crippen LogP contribution in [0.15, 0.2) is 5.11 Å². The summed E-state index contributed by atoms with van der Waals surface area (Å²) in [7, 11) is 0. The minimum Gasteiger partial charge on any atom is -0.481 e. The number of hydrogen-bond acceptors (Lipinski definition) is 2. The Bertz CT molecular complexity index is 690. The number of hydrogen-bond donors (Lipinski definition) is 1. The van der Waals surface area contributed by atoms with Crippen LogP contribution in [-0.4, -0.2) is 17.1 Å². The van der Waals surface area contributed by atoms with Gasteiger partial charge in [0.1, 0.15) is 0 Å². The Morgan fingerprint density at radius 1 is 1.10 bits per heavy atom. The molecular weight excluding hydrogens is 362 g/mol. The van der Waals surface area contributed by atoms with Crippen molar-refractivity contribution < 1.29 is 9.90 Å². The number of aliphatic carboxylic acids is 1. The van der Waals surface area contributed by atoms with Crippen LogP contribution in [-0.2, 0) is 4.79 Å². The summed E-state index contributed by atoms with van der Waals surface area (Å²) in [5.41, 5.74) is 9.70. The van der Waals surface area contributed by atoms with Crippen molar-refractivity contribution >= 4 is 5.97 Å². The van der Waals surface area contributed by atoms with Crippen LogP contribution < -0.4 is 0 Å². The molecule has 4 rings (SSSR count). The van der Waals surface area contributed by atoms with E-state index in [4.69, 9.17) is 10.6 Å². The van der Waals surface area contributed by atoms with Crippen LogP contribution in [0.4, 0.5) is 0 Å². The molecule has 0 amide bonds. The fraction of sp³-hybridized carbons (Fsp3) is 0.958. The Kier molecular flexibility index (Phi) is 5.65. The van der Waals surface area contributed by atoms with Gasteiger partial charge >= 0.3 is 5.97 Å². The Balaban J connectivity index is 1.49. The zero-order valence-corrected chi connectivity index (χ0v) is 18.5. The van der Waals surface area contributed by atoms with Crippen molar-refractivity contribution in [2.24, 2.45) is 51.5 Å². The zero-order chi connectivity index (χ0) is 20.8. The lowest BCUT2D eigenvalue weighted by Crippen LogP contribution is -2.54. The standard InChI is InChI=1S/C24H39N3O2/c1-15(4-9-22(28)29)19-7-8-20-18-6-5-16-14-17(26-27-25)10-12-23(16,2)21(18)11-13-24(19,20)3/h15-21H,4-14H2,1-3H3,(H,28,29)/t15-,16-,17-,18+,19-,20+,21+,23+,24-/m1/s1. The number of rotatable bonds is 5. The van der Waals surface area contributed by atoms with Gasteiger partial charge in [-0.25, -0.2) is 0 Å².